The fourth-order valence-electron chi connectivity index (χ4n) is 3.18. The highest BCUT2D eigenvalue weighted by atomic mass is 16.4. The Kier molecular flexibility index (Phi) is 5.67. The van der Waals surface area contributed by atoms with Crippen molar-refractivity contribution in [2.24, 2.45) is 0 Å². The van der Waals surface area contributed by atoms with E-state index in [0.29, 0.717) is 49.8 Å². The van der Waals surface area contributed by atoms with E-state index in [4.69, 9.17) is 9.52 Å². The summed E-state index contributed by atoms with van der Waals surface area (Å²) in [6, 6.07) is 7.91. The van der Waals surface area contributed by atoms with Crippen LogP contribution in [-0.2, 0) is 6.54 Å². The van der Waals surface area contributed by atoms with Crippen molar-refractivity contribution in [3.8, 4) is 0 Å². The van der Waals surface area contributed by atoms with E-state index in [1.165, 1.54) is 12.1 Å². The summed E-state index contributed by atoms with van der Waals surface area (Å²) in [5.41, 5.74) is 1.59. The Bertz CT molecular complexity index is 880. The van der Waals surface area contributed by atoms with Crippen LogP contribution in [-0.4, -0.2) is 59.0 Å². The predicted molar refractivity (Wildman–Crippen MR) is 101 cm³/mol. The molecule has 0 unspecified atom stereocenters. The van der Waals surface area contributed by atoms with Gasteiger partial charge in [0.05, 0.1) is 11.1 Å². The predicted octanol–water partition coefficient (Wildman–Crippen LogP) is 2.26. The summed E-state index contributed by atoms with van der Waals surface area (Å²) >= 11 is 0. The Morgan fingerprint density at radius 3 is 2.18 bits per heavy atom. The third-order valence-electron chi connectivity index (χ3n) is 4.77. The zero-order valence-corrected chi connectivity index (χ0v) is 15.9. The molecule has 3 rings (SSSR count). The van der Waals surface area contributed by atoms with Gasteiger partial charge in [0.1, 0.15) is 11.5 Å². The molecular formula is C20H23N3O5. The quantitative estimate of drug-likeness (QED) is 0.840. The fraction of sp³-hybridized carbons (Fsp3) is 0.350. The van der Waals surface area contributed by atoms with Crippen molar-refractivity contribution < 1.29 is 23.9 Å². The van der Waals surface area contributed by atoms with Crippen LogP contribution < -0.4 is 5.32 Å². The number of hydrogen-bond acceptors (Lipinski definition) is 4. The second-order valence-corrected chi connectivity index (χ2v) is 6.77. The Morgan fingerprint density at radius 1 is 1.04 bits per heavy atom. The summed E-state index contributed by atoms with van der Waals surface area (Å²) in [5.74, 6) is 0.253. The maximum atomic E-state index is 12.6. The number of furan rings is 1. The second-order valence-electron chi connectivity index (χ2n) is 6.77. The number of carbonyl (C=O) groups is 3. The van der Waals surface area contributed by atoms with Crippen LogP contribution in [0.3, 0.4) is 0 Å². The van der Waals surface area contributed by atoms with E-state index in [1.54, 1.807) is 41.8 Å². The smallest absolute Gasteiger partial charge is 0.335 e. The lowest BCUT2D eigenvalue weighted by Gasteiger charge is -2.34. The minimum Gasteiger partial charge on any atom is -0.478 e. The molecule has 2 N–H and O–H groups in total. The molecule has 1 aliphatic rings. The molecule has 0 radical (unpaired) electrons. The molecule has 0 bridgehead atoms. The molecule has 3 amide bonds. The van der Waals surface area contributed by atoms with Crippen molar-refractivity contribution in [3.63, 3.8) is 0 Å². The zero-order chi connectivity index (χ0) is 20.3. The number of amides is 3. The van der Waals surface area contributed by atoms with Gasteiger partial charge in [0.25, 0.3) is 5.91 Å². The van der Waals surface area contributed by atoms with E-state index in [0.717, 1.165) is 5.56 Å². The van der Waals surface area contributed by atoms with Crippen molar-refractivity contribution >= 4 is 17.9 Å². The van der Waals surface area contributed by atoms with Crippen molar-refractivity contribution in [2.45, 2.75) is 20.4 Å². The van der Waals surface area contributed by atoms with Gasteiger partial charge in [-0.1, -0.05) is 12.1 Å². The molecule has 0 saturated carbocycles. The molecule has 0 spiro atoms. The normalized spacial score (nSPS) is 14.1. The Hall–Kier alpha value is -3.29. The Morgan fingerprint density at radius 2 is 1.64 bits per heavy atom. The molecular weight excluding hydrogens is 362 g/mol. The number of hydrogen-bond donors (Lipinski definition) is 2. The molecule has 2 heterocycles. The molecule has 0 aliphatic carbocycles. The van der Waals surface area contributed by atoms with Crippen LogP contribution in [0.5, 0.6) is 0 Å². The molecule has 1 saturated heterocycles. The highest BCUT2D eigenvalue weighted by Crippen LogP contribution is 2.17. The van der Waals surface area contributed by atoms with Gasteiger partial charge in [-0.15, -0.1) is 0 Å². The van der Waals surface area contributed by atoms with Crippen molar-refractivity contribution in [2.75, 3.05) is 26.2 Å². The number of piperazine rings is 1. The molecule has 8 nitrogen and oxygen atoms in total. The van der Waals surface area contributed by atoms with Crippen LogP contribution in [0.4, 0.5) is 4.79 Å². The summed E-state index contributed by atoms with van der Waals surface area (Å²) in [6.07, 6.45) is 0. The number of urea groups is 1. The average Bonchev–Trinajstić information content (AvgIpc) is 3.04. The fourth-order valence-corrected chi connectivity index (χ4v) is 3.18. The molecule has 148 valence electrons. The SMILES string of the molecule is Cc1cc(C(=O)N2CCN(C(=O)NCc3ccc(C(=O)O)cc3)CC2)c(C)o1. The number of nitrogens with zero attached hydrogens (tertiary/aromatic N) is 2. The molecule has 28 heavy (non-hydrogen) atoms. The molecule has 1 fully saturated rings. The summed E-state index contributed by atoms with van der Waals surface area (Å²) < 4.78 is 5.43. The Balaban J connectivity index is 1.49. The molecule has 8 heteroatoms. The van der Waals surface area contributed by atoms with Gasteiger partial charge < -0.3 is 24.6 Å². The highest BCUT2D eigenvalue weighted by Gasteiger charge is 2.26. The standard InChI is InChI=1S/C20H23N3O5/c1-13-11-17(14(2)28-13)18(24)22-7-9-23(10-8-22)20(27)21-12-15-3-5-16(6-4-15)19(25)26/h3-6,11H,7-10,12H2,1-2H3,(H,21,27)(H,25,26). The monoisotopic (exact) mass is 385 g/mol. The highest BCUT2D eigenvalue weighted by molar-refractivity contribution is 5.95. The van der Waals surface area contributed by atoms with Crippen LogP contribution in [0, 0.1) is 13.8 Å². The first kappa shape index (κ1) is 19.5. The maximum Gasteiger partial charge on any atom is 0.335 e. The molecule has 0 atom stereocenters. The van der Waals surface area contributed by atoms with Gasteiger partial charge in [-0.2, -0.15) is 0 Å². The van der Waals surface area contributed by atoms with Gasteiger partial charge in [0.15, 0.2) is 0 Å². The first-order chi connectivity index (χ1) is 13.3. The first-order valence-electron chi connectivity index (χ1n) is 9.06. The molecule has 2 aromatic rings. The first-order valence-corrected chi connectivity index (χ1v) is 9.06. The van der Waals surface area contributed by atoms with E-state index < -0.39 is 5.97 Å². The summed E-state index contributed by atoms with van der Waals surface area (Å²) in [4.78, 5) is 39.2. The third kappa shape index (κ3) is 4.33. The number of carboxylic acid groups (broad SMARTS) is 1. The van der Waals surface area contributed by atoms with Crippen LogP contribution in [0.2, 0.25) is 0 Å². The number of carbonyl (C=O) groups excluding carboxylic acids is 2. The van der Waals surface area contributed by atoms with Crippen LogP contribution in [0.1, 0.15) is 37.8 Å². The molecule has 1 aromatic carbocycles. The van der Waals surface area contributed by atoms with E-state index in [1.807, 2.05) is 0 Å². The summed E-state index contributed by atoms with van der Waals surface area (Å²) in [5, 5.41) is 11.7. The summed E-state index contributed by atoms with van der Waals surface area (Å²) in [6.45, 7) is 5.71. The molecule has 1 aliphatic heterocycles. The second kappa shape index (κ2) is 8.16. The van der Waals surface area contributed by atoms with Gasteiger partial charge in [0, 0.05) is 32.7 Å². The zero-order valence-electron chi connectivity index (χ0n) is 15.9. The number of carboxylic acids is 1. The lowest BCUT2D eigenvalue weighted by atomic mass is 10.1. The maximum absolute atomic E-state index is 12.6. The number of rotatable bonds is 4. The van der Waals surface area contributed by atoms with E-state index in [9.17, 15) is 14.4 Å². The number of aryl methyl sites for hydroxylation is 2. The lowest BCUT2D eigenvalue weighted by Crippen LogP contribution is -2.53. The minimum atomic E-state index is -0.983. The van der Waals surface area contributed by atoms with E-state index >= 15 is 0 Å². The largest absolute Gasteiger partial charge is 0.478 e. The Labute approximate surface area is 162 Å². The van der Waals surface area contributed by atoms with Gasteiger partial charge >= 0.3 is 12.0 Å². The third-order valence-corrected chi connectivity index (χ3v) is 4.77. The average molecular weight is 385 g/mol. The minimum absolute atomic E-state index is 0.0760. The van der Waals surface area contributed by atoms with E-state index in [2.05, 4.69) is 5.32 Å². The van der Waals surface area contributed by atoms with E-state index in [-0.39, 0.29) is 17.5 Å². The molecule has 1 aromatic heterocycles. The van der Waals surface area contributed by atoms with Crippen molar-refractivity contribution in [3.05, 3.63) is 58.5 Å². The van der Waals surface area contributed by atoms with Crippen LogP contribution in [0.15, 0.2) is 34.7 Å². The topological polar surface area (TPSA) is 103 Å². The van der Waals surface area contributed by atoms with Gasteiger partial charge in [-0.25, -0.2) is 9.59 Å². The number of benzene rings is 1. The van der Waals surface area contributed by atoms with Crippen molar-refractivity contribution in [1.29, 1.82) is 0 Å². The number of nitrogens with one attached hydrogen (secondary N) is 1. The van der Waals surface area contributed by atoms with Gasteiger partial charge in [0.2, 0.25) is 0 Å². The van der Waals surface area contributed by atoms with Gasteiger partial charge in [-0.3, -0.25) is 4.79 Å². The van der Waals surface area contributed by atoms with Crippen LogP contribution >= 0.6 is 0 Å². The number of aromatic carboxylic acids is 1. The summed E-state index contributed by atoms with van der Waals surface area (Å²) in [7, 11) is 0. The van der Waals surface area contributed by atoms with Gasteiger partial charge in [-0.05, 0) is 37.6 Å². The lowest BCUT2D eigenvalue weighted by molar-refractivity contribution is 0.0662. The van der Waals surface area contributed by atoms with Crippen LogP contribution in [0.25, 0.3) is 0 Å². The van der Waals surface area contributed by atoms with Crippen molar-refractivity contribution in [1.82, 2.24) is 15.1 Å².